The number of carbonyl (C=O) groups is 2. The lowest BCUT2D eigenvalue weighted by Gasteiger charge is -2.42. The van der Waals surface area contributed by atoms with Crippen LogP contribution in [0.15, 0.2) is 24.3 Å². The Morgan fingerprint density at radius 2 is 1.96 bits per heavy atom. The molecule has 0 aliphatic carbocycles. The van der Waals surface area contributed by atoms with Crippen LogP contribution in [0.1, 0.15) is 45.4 Å². The van der Waals surface area contributed by atoms with Crippen molar-refractivity contribution in [3.05, 3.63) is 29.3 Å². The van der Waals surface area contributed by atoms with Crippen molar-refractivity contribution in [2.75, 3.05) is 31.6 Å². The number of nitrogens with one attached hydrogen (secondary N) is 1. The average Bonchev–Trinajstić information content (AvgIpc) is 2.71. The summed E-state index contributed by atoms with van der Waals surface area (Å²) >= 11 is 5.89. The Labute approximate surface area is 171 Å². The Balaban J connectivity index is 1.61. The first-order valence-corrected chi connectivity index (χ1v) is 10.5. The van der Waals surface area contributed by atoms with Crippen LogP contribution in [-0.2, 0) is 14.3 Å². The van der Waals surface area contributed by atoms with Crippen LogP contribution in [0, 0.1) is 5.41 Å². The van der Waals surface area contributed by atoms with Crippen LogP contribution in [0.5, 0.6) is 0 Å². The van der Waals surface area contributed by atoms with Crippen LogP contribution in [0.3, 0.4) is 0 Å². The molecule has 0 spiro atoms. The molecule has 28 heavy (non-hydrogen) atoms. The van der Waals surface area contributed by atoms with Crippen molar-refractivity contribution in [3.8, 4) is 0 Å². The van der Waals surface area contributed by atoms with Gasteiger partial charge in [0.2, 0.25) is 0 Å². The van der Waals surface area contributed by atoms with Crippen molar-refractivity contribution in [1.29, 1.82) is 0 Å². The van der Waals surface area contributed by atoms with Gasteiger partial charge in [0, 0.05) is 30.4 Å². The molecule has 2 aliphatic rings. The molecule has 7 heteroatoms. The Bertz CT molecular complexity index is 665. The van der Waals surface area contributed by atoms with E-state index in [0.29, 0.717) is 49.7 Å². The largest absolute Gasteiger partial charge is 0.466 e. The van der Waals surface area contributed by atoms with Gasteiger partial charge in [-0.25, -0.2) is 4.79 Å². The Morgan fingerprint density at radius 1 is 1.25 bits per heavy atom. The van der Waals surface area contributed by atoms with Gasteiger partial charge in [-0.05, 0) is 69.7 Å². The van der Waals surface area contributed by atoms with Crippen molar-refractivity contribution in [2.45, 2.75) is 51.6 Å². The van der Waals surface area contributed by atoms with E-state index >= 15 is 0 Å². The molecule has 2 fully saturated rings. The Kier molecular flexibility index (Phi) is 7.18. The van der Waals surface area contributed by atoms with Crippen LogP contribution in [0.4, 0.5) is 10.5 Å². The fourth-order valence-electron chi connectivity index (χ4n) is 4.05. The number of hydrogen-bond donors (Lipinski definition) is 1. The minimum atomic E-state index is -0.560. The highest BCUT2D eigenvalue weighted by molar-refractivity contribution is 6.30. The molecular weight excluding hydrogens is 380 g/mol. The second-order valence-corrected chi connectivity index (χ2v) is 8.05. The lowest BCUT2D eigenvalue weighted by Crippen LogP contribution is -2.49. The van der Waals surface area contributed by atoms with E-state index in [1.54, 1.807) is 29.2 Å². The second-order valence-electron chi connectivity index (χ2n) is 7.62. The molecule has 3 rings (SSSR count). The number of esters is 1. The molecule has 1 N–H and O–H groups in total. The van der Waals surface area contributed by atoms with E-state index in [4.69, 9.17) is 21.1 Å². The SMILES string of the molecule is CCOC(=O)C1(CC2CCCCO2)CCN(C(=O)Nc2ccc(Cl)cc2)CC1. The van der Waals surface area contributed by atoms with Gasteiger partial charge in [-0.1, -0.05) is 11.6 Å². The first kappa shape index (κ1) is 20.9. The highest BCUT2D eigenvalue weighted by Crippen LogP contribution is 2.40. The molecule has 2 amide bonds. The van der Waals surface area contributed by atoms with Gasteiger partial charge >= 0.3 is 12.0 Å². The van der Waals surface area contributed by atoms with E-state index in [9.17, 15) is 9.59 Å². The average molecular weight is 409 g/mol. The third-order valence-electron chi connectivity index (χ3n) is 5.70. The standard InChI is InChI=1S/C21H29ClN2O4/c1-2-27-19(25)21(15-18-5-3-4-14-28-18)10-12-24(13-11-21)20(26)23-17-8-6-16(22)7-9-17/h6-9,18H,2-5,10-15H2,1H3,(H,23,26). The van der Waals surface area contributed by atoms with Crippen molar-refractivity contribution < 1.29 is 19.1 Å². The van der Waals surface area contributed by atoms with Gasteiger partial charge in [-0.2, -0.15) is 0 Å². The third kappa shape index (κ3) is 5.17. The number of ether oxygens (including phenoxy) is 2. The number of nitrogens with zero attached hydrogens (tertiary/aromatic N) is 1. The maximum absolute atomic E-state index is 12.8. The number of halogens is 1. The zero-order valence-corrected chi connectivity index (χ0v) is 17.2. The van der Waals surface area contributed by atoms with Crippen molar-refractivity contribution in [3.63, 3.8) is 0 Å². The fraction of sp³-hybridized carbons (Fsp3) is 0.619. The molecular formula is C21H29ClN2O4. The summed E-state index contributed by atoms with van der Waals surface area (Å²) in [5, 5.41) is 3.51. The first-order valence-electron chi connectivity index (χ1n) is 10.1. The maximum atomic E-state index is 12.8. The quantitative estimate of drug-likeness (QED) is 0.729. The van der Waals surface area contributed by atoms with Crippen LogP contribution in [-0.4, -0.2) is 49.3 Å². The number of rotatable bonds is 5. The summed E-state index contributed by atoms with van der Waals surface area (Å²) in [7, 11) is 0. The van der Waals surface area contributed by atoms with Crippen molar-refractivity contribution in [1.82, 2.24) is 4.90 Å². The summed E-state index contributed by atoms with van der Waals surface area (Å²) in [6.07, 6.45) is 5.19. The number of urea groups is 1. The minimum absolute atomic E-state index is 0.104. The predicted octanol–water partition coefficient (Wildman–Crippen LogP) is 4.48. The topological polar surface area (TPSA) is 67.9 Å². The van der Waals surface area contributed by atoms with Gasteiger partial charge in [0.1, 0.15) is 0 Å². The van der Waals surface area contributed by atoms with Crippen LogP contribution in [0.25, 0.3) is 0 Å². The Hall–Kier alpha value is -1.79. The summed E-state index contributed by atoms with van der Waals surface area (Å²) in [5.41, 5.74) is 0.141. The molecule has 0 radical (unpaired) electrons. The smallest absolute Gasteiger partial charge is 0.321 e. The molecule has 2 heterocycles. The monoisotopic (exact) mass is 408 g/mol. The molecule has 6 nitrogen and oxygen atoms in total. The van der Waals surface area contributed by atoms with Gasteiger partial charge in [0.15, 0.2) is 0 Å². The maximum Gasteiger partial charge on any atom is 0.321 e. The molecule has 2 aliphatic heterocycles. The highest BCUT2D eigenvalue weighted by Gasteiger charge is 2.45. The zero-order chi connectivity index (χ0) is 20.0. The summed E-state index contributed by atoms with van der Waals surface area (Å²) in [4.78, 5) is 27.1. The van der Waals surface area contributed by atoms with Crippen LogP contribution >= 0.6 is 11.6 Å². The van der Waals surface area contributed by atoms with E-state index in [2.05, 4.69) is 5.32 Å². The Morgan fingerprint density at radius 3 is 2.57 bits per heavy atom. The van der Waals surface area contributed by atoms with E-state index in [1.807, 2.05) is 6.92 Å². The third-order valence-corrected chi connectivity index (χ3v) is 5.96. The summed E-state index contributed by atoms with van der Waals surface area (Å²) < 4.78 is 11.3. The zero-order valence-electron chi connectivity index (χ0n) is 16.4. The van der Waals surface area contributed by atoms with Crippen molar-refractivity contribution >= 4 is 29.3 Å². The molecule has 2 saturated heterocycles. The van der Waals surface area contributed by atoms with E-state index in [-0.39, 0.29) is 18.1 Å². The second kappa shape index (κ2) is 9.61. The predicted molar refractivity (Wildman–Crippen MR) is 109 cm³/mol. The number of piperidine rings is 1. The van der Waals surface area contributed by atoms with Gasteiger partial charge in [-0.3, -0.25) is 4.79 Å². The molecule has 0 aromatic heterocycles. The van der Waals surface area contributed by atoms with E-state index < -0.39 is 5.41 Å². The minimum Gasteiger partial charge on any atom is -0.466 e. The molecule has 1 aromatic carbocycles. The van der Waals surface area contributed by atoms with Gasteiger partial charge < -0.3 is 19.7 Å². The van der Waals surface area contributed by atoms with Gasteiger partial charge in [0.25, 0.3) is 0 Å². The number of amides is 2. The number of anilines is 1. The molecule has 0 bridgehead atoms. The number of benzene rings is 1. The van der Waals surface area contributed by atoms with Crippen LogP contribution in [0.2, 0.25) is 5.02 Å². The summed E-state index contributed by atoms with van der Waals surface area (Å²) in [6, 6.07) is 6.86. The normalized spacial score (nSPS) is 21.8. The number of carbonyl (C=O) groups excluding carboxylic acids is 2. The lowest BCUT2D eigenvalue weighted by molar-refractivity contribution is -0.162. The molecule has 0 saturated carbocycles. The molecule has 154 valence electrons. The van der Waals surface area contributed by atoms with Crippen LogP contribution < -0.4 is 5.32 Å². The highest BCUT2D eigenvalue weighted by atomic mass is 35.5. The lowest BCUT2D eigenvalue weighted by atomic mass is 9.73. The number of hydrogen-bond acceptors (Lipinski definition) is 4. The van der Waals surface area contributed by atoms with Crippen molar-refractivity contribution in [2.24, 2.45) is 5.41 Å². The fourth-order valence-corrected chi connectivity index (χ4v) is 4.18. The molecule has 1 aromatic rings. The summed E-state index contributed by atoms with van der Waals surface area (Å²) in [5.74, 6) is -0.151. The summed E-state index contributed by atoms with van der Waals surface area (Å²) in [6.45, 7) is 4.00. The van der Waals surface area contributed by atoms with E-state index in [0.717, 1.165) is 25.9 Å². The molecule has 1 atom stereocenters. The van der Waals surface area contributed by atoms with Gasteiger partial charge in [-0.15, -0.1) is 0 Å². The number of likely N-dealkylation sites (tertiary alicyclic amines) is 1. The molecule has 1 unspecified atom stereocenters. The first-order chi connectivity index (χ1) is 13.5. The van der Waals surface area contributed by atoms with Gasteiger partial charge in [0.05, 0.1) is 18.1 Å². The van der Waals surface area contributed by atoms with E-state index in [1.165, 1.54) is 0 Å².